The van der Waals surface area contributed by atoms with E-state index >= 15 is 0 Å². The van der Waals surface area contributed by atoms with Gasteiger partial charge in [-0.2, -0.15) is 13.2 Å². The van der Waals surface area contributed by atoms with Crippen molar-refractivity contribution in [2.45, 2.75) is 44.7 Å². The molecule has 0 saturated heterocycles. The number of nitrogens with one attached hydrogen (secondary N) is 3. The van der Waals surface area contributed by atoms with Crippen LogP contribution in [-0.2, 0) is 17.4 Å². The molecule has 1 aromatic carbocycles. The van der Waals surface area contributed by atoms with Crippen molar-refractivity contribution in [3.05, 3.63) is 35.4 Å². The third-order valence-corrected chi connectivity index (χ3v) is 4.90. The fraction of sp³-hybridized carbons (Fsp3) is 0.600. The Labute approximate surface area is 187 Å². The number of aliphatic imine (C=N–C) groups is 1. The molecule has 29 heavy (non-hydrogen) atoms. The van der Waals surface area contributed by atoms with Crippen LogP contribution >= 0.6 is 24.0 Å². The van der Waals surface area contributed by atoms with Gasteiger partial charge in [0.1, 0.15) is 0 Å². The van der Waals surface area contributed by atoms with Crippen LogP contribution in [0.2, 0.25) is 0 Å². The Morgan fingerprint density at radius 3 is 2.21 bits per heavy atom. The molecule has 0 bridgehead atoms. The summed E-state index contributed by atoms with van der Waals surface area (Å²) < 4.78 is 37.7. The zero-order chi connectivity index (χ0) is 20.4. The van der Waals surface area contributed by atoms with Gasteiger partial charge in [0, 0.05) is 33.1 Å². The molecule has 0 aromatic heterocycles. The standard InChI is InChI=1S/C20H29F3N4O.HI/c1-24-19(27-13-12-25-18(28)14-16-4-2-3-5-16)26-11-10-15-6-8-17(9-7-15)20(21,22)23;/h6-9,16H,2-5,10-14H2,1H3,(H,25,28)(H2,24,26,27);1H. The lowest BCUT2D eigenvalue weighted by Crippen LogP contribution is -2.42. The SMILES string of the molecule is CN=C(NCCNC(=O)CC1CCCC1)NCCc1ccc(C(F)(F)F)cc1.I. The Morgan fingerprint density at radius 2 is 1.62 bits per heavy atom. The van der Waals surface area contributed by atoms with Gasteiger partial charge in [-0.05, 0) is 42.9 Å². The number of hydrogen-bond donors (Lipinski definition) is 3. The van der Waals surface area contributed by atoms with Crippen molar-refractivity contribution in [1.29, 1.82) is 0 Å². The number of hydrogen-bond acceptors (Lipinski definition) is 2. The van der Waals surface area contributed by atoms with Crippen molar-refractivity contribution in [2.24, 2.45) is 10.9 Å². The number of carbonyl (C=O) groups is 1. The average molecular weight is 526 g/mol. The highest BCUT2D eigenvalue weighted by atomic mass is 127. The van der Waals surface area contributed by atoms with Gasteiger partial charge in [0.15, 0.2) is 5.96 Å². The Morgan fingerprint density at radius 1 is 1.03 bits per heavy atom. The minimum absolute atomic E-state index is 0. The molecular formula is C20H30F3IN4O. The second kappa shape index (κ2) is 12.9. The van der Waals surface area contributed by atoms with Gasteiger partial charge < -0.3 is 16.0 Å². The number of amides is 1. The molecule has 1 amide bonds. The maximum atomic E-state index is 12.6. The summed E-state index contributed by atoms with van der Waals surface area (Å²) in [6, 6.07) is 5.16. The predicted octanol–water partition coefficient (Wildman–Crippen LogP) is 3.73. The van der Waals surface area contributed by atoms with E-state index in [0.717, 1.165) is 30.5 Å². The highest BCUT2D eigenvalue weighted by molar-refractivity contribution is 14.0. The van der Waals surface area contributed by atoms with Crippen LogP contribution in [0.25, 0.3) is 0 Å². The van der Waals surface area contributed by atoms with Gasteiger partial charge in [0.25, 0.3) is 0 Å². The summed E-state index contributed by atoms with van der Waals surface area (Å²) in [6.07, 6.45) is 1.65. The summed E-state index contributed by atoms with van der Waals surface area (Å²) in [6.45, 7) is 1.61. The smallest absolute Gasteiger partial charge is 0.356 e. The average Bonchev–Trinajstić information content (AvgIpc) is 3.16. The first-order valence-electron chi connectivity index (χ1n) is 9.76. The largest absolute Gasteiger partial charge is 0.416 e. The van der Waals surface area contributed by atoms with E-state index in [1.807, 2.05) is 0 Å². The maximum Gasteiger partial charge on any atom is 0.416 e. The fourth-order valence-corrected chi connectivity index (χ4v) is 3.34. The van der Waals surface area contributed by atoms with Gasteiger partial charge in [0.2, 0.25) is 5.91 Å². The molecular weight excluding hydrogens is 496 g/mol. The molecule has 9 heteroatoms. The highest BCUT2D eigenvalue weighted by Gasteiger charge is 2.29. The normalized spacial score (nSPS) is 15.0. The zero-order valence-electron chi connectivity index (χ0n) is 16.6. The van der Waals surface area contributed by atoms with Crippen molar-refractivity contribution in [3.63, 3.8) is 0 Å². The minimum Gasteiger partial charge on any atom is -0.356 e. The van der Waals surface area contributed by atoms with E-state index in [4.69, 9.17) is 0 Å². The second-order valence-electron chi connectivity index (χ2n) is 7.08. The van der Waals surface area contributed by atoms with E-state index in [9.17, 15) is 18.0 Å². The summed E-state index contributed by atoms with van der Waals surface area (Å²) in [5.74, 6) is 1.23. The molecule has 0 atom stereocenters. The molecule has 1 aliphatic carbocycles. The summed E-state index contributed by atoms with van der Waals surface area (Å²) >= 11 is 0. The number of alkyl halides is 3. The predicted molar refractivity (Wildman–Crippen MR) is 120 cm³/mol. The van der Waals surface area contributed by atoms with Gasteiger partial charge in [-0.1, -0.05) is 25.0 Å². The molecule has 164 valence electrons. The molecule has 0 spiro atoms. The summed E-state index contributed by atoms with van der Waals surface area (Å²) in [4.78, 5) is 16.0. The van der Waals surface area contributed by atoms with E-state index in [-0.39, 0.29) is 29.9 Å². The van der Waals surface area contributed by atoms with Crippen molar-refractivity contribution < 1.29 is 18.0 Å². The van der Waals surface area contributed by atoms with E-state index in [1.165, 1.54) is 25.0 Å². The molecule has 0 radical (unpaired) electrons. The lowest BCUT2D eigenvalue weighted by molar-refractivity contribution is -0.137. The molecule has 5 nitrogen and oxygen atoms in total. The van der Waals surface area contributed by atoms with Crippen LogP contribution in [0.1, 0.15) is 43.2 Å². The quantitative estimate of drug-likeness (QED) is 0.210. The van der Waals surface area contributed by atoms with Crippen LogP contribution < -0.4 is 16.0 Å². The molecule has 3 N–H and O–H groups in total. The van der Waals surface area contributed by atoms with Gasteiger partial charge in [-0.3, -0.25) is 9.79 Å². The number of nitrogens with zero attached hydrogens (tertiary/aromatic N) is 1. The van der Waals surface area contributed by atoms with E-state index in [2.05, 4.69) is 20.9 Å². The maximum absolute atomic E-state index is 12.6. The van der Waals surface area contributed by atoms with Gasteiger partial charge in [0.05, 0.1) is 5.56 Å². The third kappa shape index (κ3) is 9.68. The Balaban J connectivity index is 0.00000420. The number of guanidine groups is 1. The zero-order valence-corrected chi connectivity index (χ0v) is 19.0. The molecule has 0 unspecified atom stereocenters. The lowest BCUT2D eigenvalue weighted by atomic mass is 10.0. The Kier molecular flexibility index (Phi) is 11.4. The summed E-state index contributed by atoms with van der Waals surface area (Å²) in [5.41, 5.74) is 0.173. The molecule has 1 fully saturated rings. The van der Waals surface area contributed by atoms with Crippen molar-refractivity contribution in [2.75, 3.05) is 26.7 Å². The first-order valence-corrected chi connectivity index (χ1v) is 9.76. The fourth-order valence-electron chi connectivity index (χ4n) is 3.34. The number of carbonyl (C=O) groups excluding carboxylic acids is 1. The van der Waals surface area contributed by atoms with Crippen LogP contribution in [0, 0.1) is 5.92 Å². The van der Waals surface area contributed by atoms with E-state index in [1.54, 1.807) is 7.05 Å². The van der Waals surface area contributed by atoms with E-state index in [0.29, 0.717) is 44.4 Å². The topological polar surface area (TPSA) is 65.5 Å². The van der Waals surface area contributed by atoms with Crippen LogP contribution in [0.4, 0.5) is 13.2 Å². The summed E-state index contributed by atoms with van der Waals surface area (Å²) in [7, 11) is 1.64. The van der Waals surface area contributed by atoms with Gasteiger partial charge in [-0.25, -0.2) is 0 Å². The van der Waals surface area contributed by atoms with Crippen LogP contribution in [0.15, 0.2) is 29.3 Å². The van der Waals surface area contributed by atoms with Crippen molar-refractivity contribution >= 4 is 35.8 Å². The van der Waals surface area contributed by atoms with E-state index < -0.39 is 11.7 Å². The molecule has 0 aliphatic heterocycles. The second-order valence-corrected chi connectivity index (χ2v) is 7.08. The first kappa shape index (κ1) is 25.5. The Hall–Kier alpha value is -1.52. The lowest BCUT2D eigenvalue weighted by Gasteiger charge is -2.13. The van der Waals surface area contributed by atoms with Crippen LogP contribution in [-0.4, -0.2) is 38.5 Å². The number of halogens is 4. The first-order chi connectivity index (χ1) is 13.4. The number of benzene rings is 1. The molecule has 2 rings (SSSR count). The Bertz CT molecular complexity index is 644. The van der Waals surface area contributed by atoms with Crippen LogP contribution in [0.3, 0.4) is 0 Å². The molecule has 0 heterocycles. The highest BCUT2D eigenvalue weighted by Crippen LogP contribution is 2.29. The number of rotatable bonds is 8. The van der Waals surface area contributed by atoms with Gasteiger partial charge >= 0.3 is 6.18 Å². The minimum atomic E-state index is -4.31. The molecule has 1 aromatic rings. The van der Waals surface area contributed by atoms with Crippen LogP contribution in [0.5, 0.6) is 0 Å². The van der Waals surface area contributed by atoms with Gasteiger partial charge in [-0.15, -0.1) is 24.0 Å². The van der Waals surface area contributed by atoms with Crippen molar-refractivity contribution in [3.8, 4) is 0 Å². The van der Waals surface area contributed by atoms with Crippen molar-refractivity contribution in [1.82, 2.24) is 16.0 Å². The summed E-state index contributed by atoms with van der Waals surface area (Å²) in [5, 5.41) is 9.13. The molecule has 1 saturated carbocycles. The molecule has 1 aliphatic rings. The monoisotopic (exact) mass is 526 g/mol. The third-order valence-electron chi connectivity index (χ3n) is 4.90.